The highest BCUT2D eigenvalue weighted by atomic mass is 19.4. The van der Waals surface area contributed by atoms with E-state index in [1.54, 1.807) is 31.2 Å². The van der Waals surface area contributed by atoms with Gasteiger partial charge in [0, 0.05) is 12.1 Å². The minimum Gasteiger partial charge on any atom is -0.350 e. The summed E-state index contributed by atoms with van der Waals surface area (Å²) in [5, 5.41) is 8.91. The molecule has 33 heavy (non-hydrogen) atoms. The van der Waals surface area contributed by atoms with Gasteiger partial charge in [0.05, 0.1) is 6.04 Å². The summed E-state index contributed by atoms with van der Waals surface area (Å²) in [6.07, 6.45) is -2.88. The zero-order valence-corrected chi connectivity index (χ0v) is 18.8. The van der Waals surface area contributed by atoms with Crippen molar-refractivity contribution in [1.29, 1.82) is 0 Å². The number of aromatic nitrogens is 2. The highest BCUT2D eigenvalue weighted by Gasteiger charge is 2.38. The zero-order chi connectivity index (χ0) is 24.2. The number of benzene rings is 1. The number of likely N-dealkylation sites (N-methyl/N-ethyl adjacent to an activating group) is 1. The summed E-state index contributed by atoms with van der Waals surface area (Å²) in [5.74, 6) is -1.59. The van der Waals surface area contributed by atoms with Crippen LogP contribution in [0.15, 0.2) is 28.8 Å². The van der Waals surface area contributed by atoms with Crippen LogP contribution >= 0.6 is 0 Å². The molecule has 0 saturated carbocycles. The average Bonchev–Trinajstić information content (AvgIpc) is 3.28. The van der Waals surface area contributed by atoms with Crippen molar-refractivity contribution in [3.63, 3.8) is 0 Å². The van der Waals surface area contributed by atoms with E-state index in [2.05, 4.69) is 37.1 Å². The van der Waals surface area contributed by atoms with Gasteiger partial charge >= 0.3 is 12.1 Å². The molecule has 1 aliphatic rings. The van der Waals surface area contributed by atoms with Crippen molar-refractivity contribution in [1.82, 2.24) is 25.7 Å². The molecule has 2 heterocycles. The van der Waals surface area contributed by atoms with E-state index in [4.69, 9.17) is 0 Å². The number of carbonyl (C=O) groups excluding carboxylic acids is 2. The Bertz CT molecular complexity index is 961. The lowest BCUT2D eigenvalue weighted by Crippen LogP contribution is -2.54. The molecule has 0 bridgehead atoms. The van der Waals surface area contributed by atoms with Crippen LogP contribution in [0.1, 0.15) is 45.1 Å². The molecule has 3 atom stereocenters. The standard InChI is InChI=1S/C22H28F3N5O3/c1-4-30-10-9-13(2)11-17(30)20(32)27-14(3)19(31)26-12-15-5-7-16(8-6-15)18-28-21(33-29-18)22(23,24)25/h5-8,13-14,17H,4,9-12H2,1-3H3,(H,26,31)(H,27,32)/t13-,14-,17+/m0/s1. The van der Waals surface area contributed by atoms with E-state index in [1.165, 1.54) is 0 Å². The van der Waals surface area contributed by atoms with Gasteiger partial charge < -0.3 is 15.2 Å². The van der Waals surface area contributed by atoms with Gasteiger partial charge in [-0.1, -0.05) is 43.3 Å². The lowest BCUT2D eigenvalue weighted by Gasteiger charge is -2.37. The molecule has 2 N–H and O–H groups in total. The van der Waals surface area contributed by atoms with Crippen LogP contribution in [0.25, 0.3) is 11.4 Å². The number of rotatable bonds is 7. The number of nitrogens with zero attached hydrogens (tertiary/aromatic N) is 3. The molecule has 8 nitrogen and oxygen atoms in total. The third-order valence-electron chi connectivity index (χ3n) is 5.78. The minimum absolute atomic E-state index is 0.145. The van der Waals surface area contributed by atoms with E-state index in [0.717, 1.165) is 31.5 Å². The Morgan fingerprint density at radius 3 is 2.58 bits per heavy atom. The third-order valence-corrected chi connectivity index (χ3v) is 5.78. The van der Waals surface area contributed by atoms with E-state index >= 15 is 0 Å². The summed E-state index contributed by atoms with van der Waals surface area (Å²) in [5.41, 5.74) is 1.08. The van der Waals surface area contributed by atoms with E-state index in [-0.39, 0.29) is 30.2 Å². The Labute approximate surface area is 189 Å². The summed E-state index contributed by atoms with van der Waals surface area (Å²) in [6, 6.07) is 5.44. The van der Waals surface area contributed by atoms with Gasteiger partial charge in [0.2, 0.25) is 17.6 Å². The zero-order valence-electron chi connectivity index (χ0n) is 18.8. The van der Waals surface area contributed by atoms with E-state index < -0.39 is 18.1 Å². The van der Waals surface area contributed by atoms with Crippen LogP contribution < -0.4 is 10.6 Å². The fourth-order valence-corrected chi connectivity index (χ4v) is 3.79. The van der Waals surface area contributed by atoms with Crippen LogP contribution in [-0.4, -0.2) is 52.0 Å². The first-order valence-corrected chi connectivity index (χ1v) is 10.9. The van der Waals surface area contributed by atoms with Crippen molar-refractivity contribution >= 4 is 11.8 Å². The van der Waals surface area contributed by atoms with Crippen molar-refractivity contribution in [3.05, 3.63) is 35.7 Å². The average molecular weight is 467 g/mol. The molecular weight excluding hydrogens is 439 g/mol. The lowest BCUT2D eigenvalue weighted by molar-refractivity contribution is -0.159. The number of nitrogens with one attached hydrogen (secondary N) is 2. The van der Waals surface area contributed by atoms with Crippen LogP contribution in [0.4, 0.5) is 13.2 Å². The van der Waals surface area contributed by atoms with Gasteiger partial charge in [-0.05, 0) is 44.3 Å². The number of hydrogen-bond donors (Lipinski definition) is 2. The second-order valence-electron chi connectivity index (χ2n) is 8.34. The first kappa shape index (κ1) is 24.7. The summed E-state index contributed by atoms with van der Waals surface area (Å²) in [6.45, 7) is 7.62. The third kappa shape index (κ3) is 6.31. The predicted molar refractivity (Wildman–Crippen MR) is 114 cm³/mol. The number of carbonyl (C=O) groups is 2. The number of piperidine rings is 1. The highest BCUT2D eigenvalue weighted by molar-refractivity contribution is 5.89. The highest BCUT2D eigenvalue weighted by Crippen LogP contribution is 2.29. The molecule has 11 heteroatoms. The van der Waals surface area contributed by atoms with Gasteiger partial charge in [0.15, 0.2) is 0 Å². The van der Waals surface area contributed by atoms with Gasteiger partial charge in [-0.3, -0.25) is 14.5 Å². The first-order valence-electron chi connectivity index (χ1n) is 10.9. The predicted octanol–water partition coefficient (Wildman–Crippen LogP) is 3.00. The van der Waals surface area contributed by atoms with Gasteiger partial charge in [0.1, 0.15) is 6.04 Å². The number of amides is 2. The molecule has 1 aromatic carbocycles. The van der Waals surface area contributed by atoms with Crippen LogP contribution in [0, 0.1) is 5.92 Å². The molecule has 0 spiro atoms. The molecule has 3 rings (SSSR count). The first-order chi connectivity index (χ1) is 15.6. The molecule has 1 fully saturated rings. The SMILES string of the molecule is CCN1CC[C@H](C)C[C@@H]1C(=O)N[C@@H](C)C(=O)NCc1ccc(-c2noc(C(F)(F)F)n2)cc1. The van der Waals surface area contributed by atoms with Gasteiger partial charge in [-0.15, -0.1) is 0 Å². The van der Waals surface area contributed by atoms with Crippen LogP contribution in [-0.2, 0) is 22.3 Å². The molecule has 2 amide bonds. The number of alkyl halides is 3. The molecule has 0 aliphatic carbocycles. The monoisotopic (exact) mass is 467 g/mol. The summed E-state index contributed by atoms with van der Waals surface area (Å²) < 4.78 is 42.0. The maximum atomic E-state index is 12.7. The van der Waals surface area contributed by atoms with Crippen LogP contribution in [0.3, 0.4) is 0 Å². The number of likely N-dealkylation sites (tertiary alicyclic amines) is 1. The molecule has 0 unspecified atom stereocenters. The lowest BCUT2D eigenvalue weighted by atomic mass is 9.92. The Morgan fingerprint density at radius 1 is 1.27 bits per heavy atom. The molecule has 2 aromatic rings. The fraction of sp³-hybridized carbons (Fsp3) is 0.545. The van der Waals surface area contributed by atoms with Crippen molar-refractivity contribution in [3.8, 4) is 11.4 Å². The van der Waals surface area contributed by atoms with E-state index in [9.17, 15) is 22.8 Å². The maximum absolute atomic E-state index is 12.7. The second kappa shape index (κ2) is 10.3. The van der Waals surface area contributed by atoms with Crippen LogP contribution in [0.5, 0.6) is 0 Å². The smallest absolute Gasteiger partial charge is 0.350 e. The van der Waals surface area contributed by atoms with Crippen LogP contribution in [0.2, 0.25) is 0 Å². The topological polar surface area (TPSA) is 100 Å². The Balaban J connectivity index is 1.51. The molecule has 1 aromatic heterocycles. The molecule has 1 saturated heterocycles. The summed E-state index contributed by atoms with van der Waals surface area (Å²) >= 11 is 0. The van der Waals surface area contributed by atoms with Crippen molar-refractivity contribution in [2.75, 3.05) is 13.1 Å². The van der Waals surface area contributed by atoms with Gasteiger partial charge in [-0.2, -0.15) is 18.2 Å². The minimum atomic E-state index is -4.70. The van der Waals surface area contributed by atoms with E-state index in [1.807, 2.05) is 6.92 Å². The summed E-state index contributed by atoms with van der Waals surface area (Å²) in [4.78, 5) is 30.6. The quantitative estimate of drug-likeness (QED) is 0.650. The molecule has 0 radical (unpaired) electrons. The Hall–Kier alpha value is -2.95. The summed E-state index contributed by atoms with van der Waals surface area (Å²) in [7, 11) is 0. The largest absolute Gasteiger partial charge is 0.471 e. The van der Waals surface area contributed by atoms with Gasteiger partial charge in [-0.25, -0.2) is 0 Å². The van der Waals surface area contributed by atoms with Crippen molar-refractivity contribution in [2.24, 2.45) is 5.92 Å². The normalized spacial score (nSPS) is 20.3. The van der Waals surface area contributed by atoms with Crippen molar-refractivity contribution < 1.29 is 27.3 Å². The van der Waals surface area contributed by atoms with E-state index in [0.29, 0.717) is 11.5 Å². The molecule has 180 valence electrons. The maximum Gasteiger partial charge on any atom is 0.471 e. The molecular formula is C22H28F3N5O3. The van der Waals surface area contributed by atoms with Crippen molar-refractivity contribution in [2.45, 2.75) is 58.4 Å². The fourth-order valence-electron chi connectivity index (χ4n) is 3.79. The Kier molecular flexibility index (Phi) is 7.72. The Morgan fingerprint density at radius 2 is 1.97 bits per heavy atom. The van der Waals surface area contributed by atoms with Gasteiger partial charge in [0.25, 0.3) is 0 Å². The number of hydrogen-bond acceptors (Lipinski definition) is 6. The second-order valence-corrected chi connectivity index (χ2v) is 8.34. The molecule has 1 aliphatic heterocycles. The number of halogens is 3.